The molecule has 0 spiro atoms. The van der Waals surface area contributed by atoms with Crippen LogP contribution in [0.15, 0.2) is 36.5 Å². The van der Waals surface area contributed by atoms with Crippen LogP contribution in [0.25, 0.3) is 0 Å². The highest BCUT2D eigenvalue weighted by Crippen LogP contribution is 2.19. The van der Waals surface area contributed by atoms with Gasteiger partial charge in [0, 0.05) is 17.4 Å². The van der Waals surface area contributed by atoms with E-state index in [9.17, 15) is 4.79 Å². The lowest BCUT2D eigenvalue weighted by molar-refractivity contribution is 0.0914. The van der Waals surface area contributed by atoms with E-state index in [0.717, 1.165) is 11.4 Å². The number of nitrogens with one attached hydrogen (secondary N) is 2. The molecule has 0 aliphatic heterocycles. The van der Waals surface area contributed by atoms with E-state index in [2.05, 4.69) is 20.6 Å². The van der Waals surface area contributed by atoms with Gasteiger partial charge in [0.2, 0.25) is 5.95 Å². The second-order valence-corrected chi connectivity index (χ2v) is 6.79. The van der Waals surface area contributed by atoms with Crippen LogP contribution >= 0.6 is 0 Å². The van der Waals surface area contributed by atoms with Gasteiger partial charge in [0.15, 0.2) is 0 Å². The first-order valence-electron chi connectivity index (χ1n) is 7.92. The van der Waals surface area contributed by atoms with Gasteiger partial charge in [-0.1, -0.05) is 0 Å². The summed E-state index contributed by atoms with van der Waals surface area (Å²) in [5.74, 6) is 0.942. The van der Waals surface area contributed by atoms with Gasteiger partial charge in [-0.25, -0.2) is 9.97 Å². The smallest absolute Gasteiger partial charge is 0.270 e. The molecule has 0 aliphatic rings. The summed E-state index contributed by atoms with van der Waals surface area (Å²) in [5, 5.41) is 5.96. The summed E-state index contributed by atoms with van der Waals surface area (Å²) < 4.78 is 5.60. The third-order valence-electron chi connectivity index (χ3n) is 2.86. The third-order valence-corrected chi connectivity index (χ3v) is 2.86. The molecular formula is C18H24N4O2. The fourth-order valence-electron chi connectivity index (χ4n) is 1.97. The first-order chi connectivity index (χ1) is 11.2. The van der Waals surface area contributed by atoms with Crippen molar-refractivity contribution in [3.63, 3.8) is 0 Å². The molecule has 24 heavy (non-hydrogen) atoms. The van der Waals surface area contributed by atoms with Crippen molar-refractivity contribution in [1.82, 2.24) is 15.3 Å². The molecular weight excluding hydrogens is 304 g/mol. The van der Waals surface area contributed by atoms with Crippen LogP contribution in [0, 0.1) is 0 Å². The summed E-state index contributed by atoms with van der Waals surface area (Å²) >= 11 is 0. The predicted octanol–water partition coefficient (Wildman–Crippen LogP) is 3.54. The van der Waals surface area contributed by atoms with Gasteiger partial charge in [-0.3, -0.25) is 4.79 Å². The van der Waals surface area contributed by atoms with E-state index in [0.29, 0.717) is 11.6 Å². The normalized spacial score (nSPS) is 11.2. The van der Waals surface area contributed by atoms with Gasteiger partial charge in [0.1, 0.15) is 11.4 Å². The van der Waals surface area contributed by atoms with Gasteiger partial charge >= 0.3 is 0 Å². The minimum Gasteiger partial charge on any atom is -0.491 e. The number of benzene rings is 1. The van der Waals surface area contributed by atoms with E-state index in [-0.39, 0.29) is 17.6 Å². The van der Waals surface area contributed by atoms with Crippen LogP contribution in [0.2, 0.25) is 0 Å². The topological polar surface area (TPSA) is 76.1 Å². The second kappa shape index (κ2) is 7.29. The minimum absolute atomic E-state index is 0.130. The molecule has 1 aromatic heterocycles. The summed E-state index contributed by atoms with van der Waals surface area (Å²) in [5.41, 5.74) is 0.823. The highest BCUT2D eigenvalue weighted by molar-refractivity contribution is 5.92. The largest absolute Gasteiger partial charge is 0.491 e. The Balaban J connectivity index is 2.08. The Hall–Kier alpha value is -2.63. The van der Waals surface area contributed by atoms with Gasteiger partial charge in [-0.2, -0.15) is 0 Å². The molecule has 0 atom stereocenters. The average Bonchev–Trinajstić information content (AvgIpc) is 2.47. The molecule has 2 rings (SSSR count). The molecule has 0 fully saturated rings. The minimum atomic E-state index is -0.318. The van der Waals surface area contributed by atoms with Gasteiger partial charge in [0.25, 0.3) is 5.91 Å². The van der Waals surface area contributed by atoms with E-state index < -0.39 is 0 Å². The van der Waals surface area contributed by atoms with E-state index in [1.54, 1.807) is 12.3 Å². The van der Waals surface area contributed by atoms with Crippen LogP contribution in [0.3, 0.4) is 0 Å². The summed E-state index contributed by atoms with van der Waals surface area (Å²) in [7, 11) is 0. The number of rotatable bonds is 5. The molecule has 0 saturated heterocycles. The van der Waals surface area contributed by atoms with Crippen LogP contribution in [-0.4, -0.2) is 27.5 Å². The van der Waals surface area contributed by atoms with Crippen LogP contribution in [0.5, 0.6) is 5.75 Å². The van der Waals surface area contributed by atoms with Gasteiger partial charge in [-0.05, 0) is 65.0 Å². The Kier molecular flexibility index (Phi) is 5.39. The summed E-state index contributed by atoms with van der Waals surface area (Å²) in [6.07, 6.45) is 1.69. The fourth-order valence-corrected chi connectivity index (χ4v) is 1.97. The SMILES string of the molecule is CC(C)Oc1ccc(Nc2nccc(C(=O)NC(C)(C)C)n2)cc1. The summed E-state index contributed by atoms with van der Waals surface area (Å²) in [6, 6.07) is 9.09. The highest BCUT2D eigenvalue weighted by atomic mass is 16.5. The van der Waals surface area contributed by atoms with E-state index in [1.165, 1.54) is 0 Å². The lowest BCUT2D eigenvalue weighted by Crippen LogP contribution is -2.41. The molecule has 0 bridgehead atoms. The first kappa shape index (κ1) is 17.7. The number of nitrogens with zero attached hydrogens (tertiary/aromatic N) is 2. The standard InChI is InChI=1S/C18H24N4O2/c1-12(2)24-14-8-6-13(7-9-14)20-17-19-11-10-15(21-17)16(23)22-18(3,4)5/h6-12H,1-5H3,(H,22,23)(H,19,20,21). The monoisotopic (exact) mass is 328 g/mol. The number of ether oxygens (including phenoxy) is 1. The van der Waals surface area contributed by atoms with Gasteiger partial charge < -0.3 is 15.4 Å². The molecule has 1 aromatic carbocycles. The molecule has 6 nitrogen and oxygen atoms in total. The number of carbonyl (C=O) groups is 1. The van der Waals surface area contributed by atoms with Crippen molar-refractivity contribution in [2.24, 2.45) is 0 Å². The maximum absolute atomic E-state index is 12.2. The fraction of sp³-hybridized carbons (Fsp3) is 0.389. The van der Waals surface area contributed by atoms with Crippen LogP contribution < -0.4 is 15.4 Å². The molecule has 1 amide bonds. The zero-order valence-electron chi connectivity index (χ0n) is 14.8. The maximum atomic E-state index is 12.2. The van der Waals surface area contributed by atoms with Crippen LogP contribution in [0.1, 0.15) is 45.1 Å². The highest BCUT2D eigenvalue weighted by Gasteiger charge is 2.16. The zero-order valence-corrected chi connectivity index (χ0v) is 14.8. The molecule has 128 valence electrons. The Bertz CT molecular complexity index is 691. The van der Waals surface area contributed by atoms with Crippen molar-refractivity contribution in [2.45, 2.75) is 46.3 Å². The number of carbonyl (C=O) groups excluding carboxylic acids is 1. The van der Waals surface area contributed by atoms with E-state index in [1.807, 2.05) is 58.9 Å². The number of aromatic nitrogens is 2. The van der Waals surface area contributed by atoms with Crippen molar-refractivity contribution in [2.75, 3.05) is 5.32 Å². The Labute approximate surface area is 142 Å². The average molecular weight is 328 g/mol. The van der Waals surface area contributed by atoms with Crippen LogP contribution in [0.4, 0.5) is 11.6 Å². The van der Waals surface area contributed by atoms with Gasteiger partial charge in [-0.15, -0.1) is 0 Å². The Morgan fingerprint density at radius 3 is 2.38 bits per heavy atom. The lowest BCUT2D eigenvalue weighted by atomic mass is 10.1. The van der Waals surface area contributed by atoms with Gasteiger partial charge in [0.05, 0.1) is 6.10 Å². The van der Waals surface area contributed by atoms with Crippen molar-refractivity contribution in [3.05, 3.63) is 42.2 Å². The summed E-state index contributed by atoms with van der Waals surface area (Å²) in [4.78, 5) is 20.6. The molecule has 2 aromatic rings. The summed E-state index contributed by atoms with van der Waals surface area (Å²) in [6.45, 7) is 9.73. The van der Waals surface area contributed by atoms with Crippen molar-refractivity contribution >= 4 is 17.5 Å². The lowest BCUT2D eigenvalue weighted by Gasteiger charge is -2.20. The predicted molar refractivity (Wildman–Crippen MR) is 94.7 cm³/mol. The Morgan fingerprint density at radius 2 is 1.79 bits per heavy atom. The number of anilines is 2. The number of hydrogen-bond donors (Lipinski definition) is 2. The van der Waals surface area contributed by atoms with Crippen molar-refractivity contribution in [3.8, 4) is 5.75 Å². The molecule has 0 radical (unpaired) electrons. The molecule has 0 saturated carbocycles. The van der Waals surface area contributed by atoms with Crippen molar-refractivity contribution in [1.29, 1.82) is 0 Å². The maximum Gasteiger partial charge on any atom is 0.270 e. The molecule has 2 N–H and O–H groups in total. The number of hydrogen-bond acceptors (Lipinski definition) is 5. The second-order valence-electron chi connectivity index (χ2n) is 6.79. The third kappa shape index (κ3) is 5.53. The van der Waals surface area contributed by atoms with Crippen molar-refractivity contribution < 1.29 is 9.53 Å². The van der Waals surface area contributed by atoms with E-state index in [4.69, 9.17) is 4.74 Å². The molecule has 0 aliphatic carbocycles. The molecule has 1 heterocycles. The molecule has 6 heteroatoms. The zero-order chi connectivity index (χ0) is 17.7. The first-order valence-corrected chi connectivity index (χ1v) is 7.92. The molecule has 0 unspecified atom stereocenters. The van der Waals surface area contributed by atoms with E-state index >= 15 is 0 Å². The quantitative estimate of drug-likeness (QED) is 0.878. The Morgan fingerprint density at radius 1 is 1.12 bits per heavy atom. The number of amides is 1. The van der Waals surface area contributed by atoms with Crippen LogP contribution in [-0.2, 0) is 0 Å².